The number of alkyl halides is 1. The normalized spacial score (nSPS) is 12.2. The lowest BCUT2D eigenvalue weighted by atomic mass is 10.1. The van der Waals surface area contributed by atoms with Crippen LogP contribution in [0.25, 0.3) is 0 Å². The Morgan fingerprint density at radius 3 is 2.46 bits per heavy atom. The van der Waals surface area contributed by atoms with E-state index >= 15 is 0 Å². The summed E-state index contributed by atoms with van der Waals surface area (Å²) in [4.78, 5) is 8.06. The lowest BCUT2D eigenvalue weighted by molar-refractivity contribution is 0.206. The van der Waals surface area contributed by atoms with Crippen molar-refractivity contribution in [1.29, 1.82) is 0 Å². The van der Waals surface area contributed by atoms with Crippen LogP contribution in [0.1, 0.15) is 45.1 Å². The van der Waals surface area contributed by atoms with Gasteiger partial charge in [0.25, 0.3) is 0 Å². The minimum absolute atomic E-state index is 0.263. The molecule has 13 heavy (non-hydrogen) atoms. The molecule has 0 aliphatic heterocycles. The van der Waals surface area contributed by atoms with E-state index in [0.717, 1.165) is 5.69 Å². The predicted molar refractivity (Wildman–Crippen MR) is 50.3 cm³/mol. The van der Waals surface area contributed by atoms with Gasteiger partial charge in [-0.05, 0) is 25.8 Å². The Labute approximate surface area is 78.2 Å². The Morgan fingerprint density at radius 2 is 2.00 bits per heavy atom. The van der Waals surface area contributed by atoms with Crippen LogP contribution in [-0.4, -0.2) is 9.97 Å². The molecule has 0 aliphatic carbocycles. The van der Waals surface area contributed by atoms with E-state index in [-0.39, 0.29) is 5.82 Å². The standard InChI is InChI=1S/C10H15FN2/c1-7(2)8-5-6-12-9(13-8)10(3,4)11/h5-7H,1-4H3. The van der Waals surface area contributed by atoms with Gasteiger partial charge in [0.05, 0.1) is 0 Å². The van der Waals surface area contributed by atoms with Gasteiger partial charge >= 0.3 is 0 Å². The zero-order valence-electron chi connectivity index (χ0n) is 8.50. The van der Waals surface area contributed by atoms with Crippen LogP contribution in [0.15, 0.2) is 12.3 Å². The summed E-state index contributed by atoms with van der Waals surface area (Å²) in [6.07, 6.45) is 1.61. The predicted octanol–water partition coefficient (Wildman–Crippen LogP) is 2.80. The zero-order valence-corrected chi connectivity index (χ0v) is 8.50. The molecule has 3 heteroatoms. The molecule has 1 aromatic rings. The SMILES string of the molecule is CC(C)c1ccnc(C(C)(C)F)n1. The number of aromatic nitrogens is 2. The zero-order chi connectivity index (χ0) is 10.1. The van der Waals surface area contributed by atoms with E-state index in [2.05, 4.69) is 9.97 Å². The fourth-order valence-electron chi connectivity index (χ4n) is 0.981. The number of nitrogens with zero attached hydrogens (tertiary/aromatic N) is 2. The van der Waals surface area contributed by atoms with E-state index in [0.29, 0.717) is 5.92 Å². The Hall–Kier alpha value is -0.990. The first-order chi connectivity index (χ1) is 5.91. The average molecular weight is 182 g/mol. The highest BCUT2D eigenvalue weighted by Crippen LogP contribution is 2.21. The third kappa shape index (κ3) is 2.47. The summed E-state index contributed by atoms with van der Waals surface area (Å²) >= 11 is 0. The number of hydrogen-bond acceptors (Lipinski definition) is 2. The van der Waals surface area contributed by atoms with Crippen LogP contribution >= 0.6 is 0 Å². The van der Waals surface area contributed by atoms with E-state index in [1.165, 1.54) is 13.8 Å². The first-order valence-corrected chi connectivity index (χ1v) is 4.43. The van der Waals surface area contributed by atoms with E-state index in [9.17, 15) is 4.39 Å². The number of halogens is 1. The quantitative estimate of drug-likeness (QED) is 0.702. The van der Waals surface area contributed by atoms with Gasteiger partial charge in [0, 0.05) is 11.9 Å². The number of rotatable bonds is 2. The second kappa shape index (κ2) is 3.40. The Balaban J connectivity index is 3.06. The molecule has 2 nitrogen and oxygen atoms in total. The van der Waals surface area contributed by atoms with Gasteiger partial charge < -0.3 is 0 Å². The summed E-state index contributed by atoms with van der Waals surface area (Å²) in [5.41, 5.74) is -0.569. The van der Waals surface area contributed by atoms with Crippen LogP contribution < -0.4 is 0 Å². The van der Waals surface area contributed by atoms with Crippen molar-refractivity contribution in [3.05, 3.63) is 23.8 Å². The highest BCUT2D eigenvalue weighted by Gasteiger charge is 2.22. The molecule has 0 atom stereocenters. The van der Waals surface area contributed by atoms with Crippen LogP contribution in [0, 0.1) is 0 Å². The van der Waals surface area contributed by atoms with Crippen LogP contribution in [0.4, 0.5) is 4.39 Å². The summed E-state index contributed by atoms with van der Waals surface area (Å²) in [5.74, 6) is 0.572. The minimum Gasteiger partial charge on any atom is -0.238 e. The molecule has 0 spiro atoms. The van der Waals surface area contributed by atoms with Gasteiger partial charge in [-0.1, -0.05) is 13.8 Å². The molecule has 72 valence electrons. The molecule has 0 aromatic carbocycles. The van der Waals surface area contributed by atoms with Crippen LogP contribution in [-0.2, 0) is 5.67 Å². The van der Waals surface area contributed by atoms with Crippen LogP contribution in [0.2, 0.25) is 0 Å². The van der Waals surface area contributed by atoms with Crippen LogP contribution in [0.3, 0.4) is 0 Å². The van der Waals surface area contributed by atoms with Crippen molar-refractivity contribution in [2.75, 3.05) is 0 Å². The van der Waals surface area contributed by atoms with Crippen molar-refractivity contribution in [3.63, 3.8) is 0 Å². The summed E-state index contributed by atoms with van der Waals surface area (Å²) in [6.45, 7) is 6.98. The molecule has 0 saturated carbocycles. The van der Waals surface area contributed by atoms with E-state index in [4.69, 9.17) is 0 Å². The van der Waals surface area contributed by atoms with Crippen molar-refractivity contribution < 1.29 is 4.39 Å². The second-order valence-corrected chi connectivity index (χ2v) is 3.93. The summed E-state index contributed by atoms with van der Waals surface area (Å²) in [7, 11) is 0. The lowest BCUT2D eigenvalue weighted by Crippen LogP contribution is -2.15. The monoisotopic (exact) mass is 182 g/mol. The smallest absolute Gasteiger partial charge is 0.165 e. The second-order valence-electron chi connectivity index (χ2n) is 3.93. The number of hydrogen-bond donors (Lipinski definition) is 0. The van der Waals surface area contributed by atoms with Crippen molar-refractivity contribution >= 4 is 0 Å². The van der Waals surface area contributed by atoms with E-state index < -0.39 is 5.67 Å². The first-order valence-electron chi connectivity index (χ1n) is 4.43. The average Bonchev–Trinajstić information content (AvgIpc) is 2.03. The molecule has 0 saturated heterocycles. The fraction of sp³-hybridized carbons (Fsp3) is 0.600. The summed E-state index contributed by atoms with van der Waals surface area (Å²) in [5, 5.41) is 0. The lowest BCUT2D eigenvalue weighted by Gasteiger charge is -2.13. The Bertz CT molecular complexity index is 289. The van der Waals surface area contributed by atoms with Gasteiger partial charge in [-0.25, -0.2) is 14.4 Å². The van der Waals surface area contributed by atoms with E-state index in [1.54, 1.807) is 6.20 Å². The summed E-state index contributed by atoms with van der Waals surface area (Å²) < 4.78 is 13.4. The third-order valence-electron chi connectivity index (χ3n) is 1.80. The molecule has 0 fully saturated rings. The molecule has 1 heterocycles. The molecule has 0 unspecified atom stereocenters. The van der Waals surface area contributed by atoms with Crippen LogP contribution in [0.5, 0.6) is 0 Å². The molecule has 0 N–H and O–H groups in total. The molecular weight excluding hydrogens is 167 g/mol. The van der Waals surface area contributed by atoms with Crippen molar-refractivity contribution in [2.45, 2.75) is 39.3 Å². The minimum atomic E-state index is -1.45. The van der Waals surface area contributed by atoms with Crippen molar-refractivity contribution in [2.24, 2.45) is 0 Å². The van der Waals surface area contributed by atoms with Gasteiger partial charge in [-0.15, -0.1) is 0 Å². The maximum atomic E-state index is 13.4. The van der Waals surface area contributed by atoms with E-state index in [1.807, 2.05) is 19.9 Å². The van der Waals surface area contributed by atoms with Gasteiger partial charge in [0.1, 0.15) is 0 Å². The van der Waals surface area contributed by atoms with Gasteiger partial charge in [-0.2, -0.15) is 0 Å². The molecule has 1 rings (SSSR count). The first kappa shape index (κ1) is 10.1. The topological polar surface area (TPSA) is 25.8 Å². The molecule has 0 bridgehead atoms. The Kier molecular flexibility index (Phi) is 2.64. The maximum absolute atomic E-state index is 13.4. The highest BCUT2D eigenvalue weighted by molar-refractivity contribution is 5.09. The molecule has 0 aliphatic rings. The highest BCUT2D eigenvalue weighted by atomic mass is 19.1. The summed E-state index contributed by atoms with van der Waals surface area (Å²) in [6, 6.07) is 1.82. The van der Waals surface area contributed by atoms with Gasteiger partial charge in [0.15, 0.2) is 11.5 Å². The van der Waals surface area contributed by atoms with Crippen molar-refractivity contribution in [1.82, 2.24) is 9.97 Å². The molecule has 1 aromatic heterocycles. The largest absolute Gasteiger partial charge is 0.238 e. The Morgan fingerprint density at radius 1 is 1.38 bits per heavy atom. The fourth-order valence-corrected chi connectivity index (χ4v) is 0.981. The van der Waals surface area contributed by atoms with Gasteiger partial charge in [0.2, 0.25) is 0 Å². The molecule has 0 amide bonds. The maximum Gasteiger partial charge on any atom is 0.165 e. The van der Waals surface area contributed by atoms with Gasteiger partial charge in [-0.3, -0.25) is 0 Å². The third-order valence-corrected chi connectivity index (χ3v) is 1.80. The van der Waals surface area contributed by atoms with Crippen molar-refractivity contribution in [3.8, 4) is 0 Å². The molecule has 0 radical (unpaired) electrons. The molecular formula is C10H15FN2.